The second kappa shape index (κ2) is 7.12. The van der Waals surface area contributed by atoms with E-state index in [9.17, 15) is 0 Å². The number of hydrogen-bond donors (Lipinski definition) is 0. The summed E-state index contributed by atoms with van der Waals surface area (Å²) in [5, 5.41) is 8.83. The van der Waals surface area contributed by atoms with Crippen LogP contribution in [0.2, 0.25) is 0 Å². The first kappa shape index (κ1) is 16.5. The number of rotatable bonds is 8. The summed E-state index contributed by atoms with van der Waals surface area (Å²) in [6, 6.07) is 6.83. The highest BCUT2D eigenvalue weighted by molar-refractivity contribution is 7.20. The molecule has 1 atom stereocenters. The molecule has 1 aromatic carbocycles. The Balaban J connectivity index is 1.65. The van der Waals surface area contributed by atoms with Crippen LogP contribution in [0.15, 0.2) is 30.9 Å². The third kappa shape index (κ3) is 3.54. The zero-order valence-electron chi connectivity index (χ0n) is 14.8. The molecule has 2 heterocycles. The quantitative estimate of drug-likeness (QED) is 0.587. The average molecular weight is 356 g/mol. The van der Waals surface area contributed by atoms with Crippen molar-refractivity contribution in [2.75, 3.05) is 6.61 Å². The van der Waals surface area contributed by atoms with Gasteiger partial charge in [0.25, 0.3) is 5.19 Å². The molecule has 0 N–H and O–H groups in total. The molecule has 1 saturated carbocycles. The van der Waals surface area contributed by atoms with Crippen LogP contribution in [0.3, 0.4) is 0 Å². The van der Waals surface area contributed by atoms with Crippen LogP contribution in [-0.4, -0.2) is 26.4 Å². The Morgan fingerprint density at radius 2 is 1.96 bits per heavy atom. The molecule has 132 valence electrons. The number of aromatic nitrogens is 4. The molecule has 1 unspecified atom stereocenters. The van der Waals surface area contributed by atoms with Crippen molar-refractivity contribution in [2.45, 2.75) is 45.6 Å². The Labute approximate surface area is 152 Å². The summed E-state index contributed by atoms with van der Waals surface area (Å²) in [4.78, 5) is 4.63. The molecule has 1 fully saturated rings. The maximum Gasteiger partial charge on any atom is 0.274 e. The Hall–Kier alpha value is -1.95. The average Bonchev–Trinajstić information content (AvgIpc) is 3.14. The van der Waals surface area contributed by atoms with Gasteiger partial charge in [-0.3, -0.25) is 0 Å². The van der Waals surface area contributed by atoms with Gasteiger partial charge in [-0.15, -0.1) is 10.2 Å². The van der Waals surface area contributed by atoms with Gasteiger partial charge in [-0.2, -0.15) is 0 Å². The second-order valence-corrected chi connectivity index (χ2v) is 7.89. The van der Waals surface area contributed by atoms with Crippen LogP contribution in [0.25, 0.3) is 10.2 Å². The van der Waals surface area contributed by atoms with Crippen molar-refractivity contribution in [3.05, 3.63) is 36.4 Å². The van der Waals surface area contributed by atoms with E-state index in [4.69, 9.17) is 4.74 Å². The van der Waals surface area contributed by atoms with Gasteiger partial charge >= 0.3 is 0 Å². The van der Waals surface area contributed by atoms with E-state index in [1.54, 1.807) is 11.3 Å². The molecule has 2 aromatic heterocycles. The molecule has 3 aromatic rings. The number of ether oxygens (including phenoxy) is 1. The zero-order valence-corrected chi connectivity index (χ0v) is 15.6. The maximum atomic E-state index is 5.86. The lowest BCUT2D eigenvalue weighted by Crippen LogP contribution is -2.19. The third-order valence-corrected chi connectivity index (χ3v) is 6.06. The second-order valence-electron chi connectivity index (χ2n) is 6.89. The molecule has 1 aliphatic carbocycles. The molecule has 5 nitrogen and oxygen atoms in total. The molecular weight excluding hydrogens is 332 g/mol. The molecule has 0 saturated heterocycles. The monoisotopic (exact) mass is 356 g/mol. The van der Waals surface area contributed by atoms with Gasteiger partial charge in [0.2, 0.25) is 0 Å². The van der Waals surface area contributed by atoms with Crippen LogP contribution >= 0.6 is 11.3 Å². The fraction of sp³-hybridized carbons (Fsp3) is 0.526. The van der Waals surface area contributed by atoms with E-state index in [1.165, 1.54) is 23.1 Å². The molecule has 0 radical (unpaired) electrons. The summed E-state index contributed by atoms with van der Waals surface area (Å²) in [5.74, 6) is 1.29. The predicted octanol–water partition coefficient (Wildman–Crippen LogP) is 4.70. The van der Waals surface area contributed by atoms with Gasteiger partial charge in [-0.25, -0.2) is 4.98 Å². The van der Waals surface area contributed by atoms with E-state index in [2.05, 4.69) is 51.8 Å². The lowest BCUT2D eigenvalue weighted by molar-refractivity contribution is 0.299. The normalized spacial score (nSPS) is 15.8. The zero-order chi connectivity index (χ0) is 17.2. The summed E-state index contributed by atoms with van der Waals surface area (Å²) in [6.45, 7) is 5.31. The van der Waals surface area contributed by atoms with Crippen LogP contribution in [0, 0.1) is 11.8 Å². The van der Waals surface area contributed by atoms with Crippen molar-refractivity contribution >= 4 is 21.6 Å². The van der Waals surface area contributed by atoms with E-state index in [1.807, 2.05) is 12.7 Å². The van der Waals surface area contributed by atoms with Gasteiger partial charge < -0.3 is 9.30 Å². The number of thiazole rings is 1. The minimum Gasteiger partial charge on any atom is -0.470 e. The van der Waals surface area contributed by atoms with Crippen molar-refractivity contribution in [3.8, 4) is 5.19 Å². The number of benzene rings is 1. The van der Waals surface area contributed by atoms with Gasteiger partial charge in [-0.1, -0.05) is 44.1 Å². The number of nitrogens with zero attached hydrogens (tertiary/aromatic N) is 4. The highest BCUT2D eigenvalue weighted by Gasteiger charge is 2.24. The topological polar surface area (TPSA) is 52.8 Å². The lowest BCUT2D eigenvalue weighted by atomic mass is 9.88. The van der Waals surface area contributed by atoms with E-state index in [0.717, 1.165) is 36.1 Å². The number of hydrogen-bond acceptors (Lipinski definition) is 5. The fourth-order valence-electron chi connectivity index (χ4n) is 3.41. The standard InChI is InChI=1S/C19H24N4OS/c1-3-14(4-2)18(23-11-20-21-12-23)15-7-8-16-17(9-15)25-19(22-16)24-10-13-5-6-13/h7-9,11-14,18H,3-6,10H2,1-2H3. The molecule has 6 heteroatoms. The van der Waals surface area contributed by atoms with Gasteiger partial charge in [0.1, 0.15) is 12.7 Å². The first-order valence-corrected chi connectivity index (χ1v) is 9.97. The first-order valence-electron chi connectivity index (χ1n) is 9.15. The van der Waals surface area contributed by atoms with Gasteiger partial charge in [0.05, 0.1) is 22.9 Å². The minimum absolute atomic E-state index is 0.257. The maximum absolute atomic E-state index is 5.86. The molecule has 0 bridgehead atoms. The summed E-state index contributed by atoms with van der Waals surface area (Å²) in [5.41, 5.74) is 2.31. The van der Waals surface area contributed by atoms with Gasteiger partial charge in [-0.05, 0) is 42.4 Å². The highest BCUT2D eigenvalue weighted by atomic mass is 32.1. The first-order chi connectivity index (χ1) is 12.3. The fourth-order valence-corrected chi connectivity index (χ4v) is 4.29. The molecule has 1 aliphatic rings. The van der Waals surface area contributed by atoms with E-state index < -0.39 is 0 Å². The molecule has 25 heavy (non-hydrogen) atoms. The van der Waals surface area contributed by atoms with Crippen molar-refractivity contribution in [1.29, 1.82) is 0 Å². The minimum atomic E-state index is 0.257. The van der Waals surface area contributed by atoms with E-state index in [0.29, 0.717) is 5.92 Å². The Morgan fingerprint density at radius 1 is 1.20 bits per heavy atom. The molecule has 0 amide bonds. The third-order valence-electron chi connectivity index (χ3n) is 5.13. The summed E-state index contributed by atoms with van der Waals surface area (Å²) < 4.78 is 9.18. The molecular formula is C19H24N4OS. The van der Waals surface area contributed by atoms with Crippen molar-refractivity contribution in [2.24, 2.45) is 11.8 Å². The van der Waals surface area contributed by atoms with Crippen molar-refractivity contribution in [1.82, 2.24) is 19.7 Å². The van der Waals surface area contributed by atoms with Crippen molar-refractivity contribution < 1.29 is 4.74 Å². The van der Waals surface area contributed by atoms with Crippen LogP contribution in [0.1, 0.15) is 51.1 Å². The number of fused-ring (bicyclic) bond motifs is 1. The van der Waals surface area contributed by atoms with Crippen LogP contribution in [0.5, 0.6) is 5.19 Å². The van der Waals surface area contributed by atoms with Crippen molar-refractivity contribution in [3.63, 3.8) is 0 Å². The highest BCUT2D eigenvalue weighted by Crippen LogP contribution is 2.36. The van der Waals surface area contributed by atoms with Crippen LogP contribution in [-0.2, 0) is 0 Å². The van der Waals surface area contributed by atoms with E-state index in [-0.39, 0.29) is 6.04 Å². The summed E-state index contributed by atoms with van der Waals surface area (Å²) in [6.07, 6.45) is 8.48. The molecule has 0 spiro atoms. The van der Waals surface area contributed by atoms with Crippen LogP contribution in [0.4, 0.5) is 0 Å². The van der Waals surface area contributed by atoms with Gasteiger partial charge in [0, 0.05) is 0 Å². The Bertz CT molecular complexity index is 821. The summed E-state index contributed by atoms with van der Waals surface area (Å²) in [7, 11) is 0. The predicted molar refractivity (Wildman–Crippen MR) is 100 cm³/mol. The Morgan fingerprint density at radius 3 is 2.64 bits per heavy atom. The molecule has 0 aliphatic heterocycles. The largest absolute Gasteiger partial charge is 0.470 e. The Kier molecular flexibility index (Phi) is 4.70. The smallest absolute Gasteiger partial charge is 0.274 e. The van der Waals surface area contributed by atoms with Crippen LogP contribution < -0.4 is 4.74 Å². The SMILES string of the molecule is CCC(CC)C(c1ccc2nc(OCC3CC3)sc2c1)n1cnnc1. The molecule has 4 rings (SSSR count). The van der Waals surface area contributed by atoms with Gasteiger partial charge in [0.15, 0.2) is 0 Å². The van der Waals surface area contributed by atoms with E-state index >= 15 is 0 Å². The lowest BCUT2D eigenvalue weighted by Gasteiger charge is -2.26. The summed E-state index contributed by atoms with van der Waals surface area (Å²) >= 11 is 1.65.